The van der Waals surface area contributed by atoms with Gasteiger partial charge in [0.1, 0.15) is 5.82 Å². The lowest BCUT2D eigenvalue weighted by atomic mass is 10.1. The van der Waals surface area contributed by atoms with Gasteiger partial charge in [-0.3, -0.25) is 4.68 Å². The van der Waals surface area contributed by atoms with Gasteiger partial charge in [-0.2, -0.15) is 23.4 Å². The molecule has 0 radical (unpaired) electrons. The first-order valence-electron chi connectivity index (χ1n) is 8.34. The van der Waals surface area contributed by atoms with Crippen molar-refractivity contribution in [2.45, 2.75) is 12.7 Å². The maximum Gasteiger partial charge on any atom is 0.435 e. The number of nitrogens with zero attached hydrogens (tertiary/aromatic N) is 4. The van der Waals surface area contributed by atoms with Gasteiger partial charge in [-0.05, 0) is 18.2 Å². The van der Waals surface area contributed by atoms with E-state index in [1.54, 1.807) is 24.4 Å². The summed E-state index contributed by atoms with van der Waals surface area (Å²) < 4.78 is 57.5. The molecule has 29 heavy (non-hydrogen) atoms. The van der Waals surface area contributed by atoms with Crippen molar-refractivity contribution < 1.29 is 27.5 Å². The Hall–Kier alpha value is -3.69. The van der Waals surface area contributed by atoms with Crippen molar-refractivity contribution in [2.75, 3.05) is 0 Å². The molecule has 0 atom stereocenters. The Balaban J connectivity index is 1.82. The fourth-order valence-corrected chi connectivity index (χ4v) is 3.09. The highest BCUT2D eigenvalue weighted by Gasteiger charge is 2.38. The quantitative estimate of drug-likeness (QED) is 0.520. The minimum atomic E-state index is -4.74. The van der Waals surface area contributed by atoms with Gasteiger partial charge in [-0.1, -0.05) is 18.2 Å². The lowest BCUT2D eigenvalue weighted by Gasteiger charge is -2.06. The van der Waals surface area contributed by atoms with Crippen molar-refractivity contribution in [3.05, 3.63) is 77.6 Å². The molecule has 3 aromatic heterocycles. The smallest absolute Gasteiger partial charge is 0.435 e. The summed E-state index contributed by atoms with van der Waals surface area (Å²) >= 11 is 0. The van der Waals surface area contributed by atoms with Crippen LogP contribution in [0, 0.1) is 5.82 Å². The number of aromatic carboxylic acids is 1. The van der Waals surface area contributed by atoms with E-state index in [4.69, 9.17) is 5.11 Å². The molecule has 0 unspecified atom stereocenters. The number of hydrogen-bond donors (Lipinski definition) is 1. The molecular formula is C19H12F4N4O2. The maximum absolute atomic E-state index is 14.4. The summed E-state index contributed by atoms with van der Waals surface area (Å²) in [7, 11) is 0. The number of rotatable bonds is 4. The van der Waals surface area contributed by atoms with E-state index in [1.165, 1.54) is 22.8 Å². The first kappa shape index (κ1) is 18.7. The van der Waals surface area contributed by atoms with E-state index in [2.05, 4.69) is 10.2 Å². The Morgan fingerprint density at radius 1 is 1.10 bits per heavy atom. The van der Waals surface area contributed by atoms with E-state index in [0.29, 0.717) is 5.52 Å². The summed E-state index contributed by atoms with van der Waals surface area (Å²) in [4.78, 5) is 11.1. The molecular weight excluding hydrogens is 392 g/mol. The highest BCUT2D eigenvalue weighted by atomic mass is 19.4. The van der Waals surface area contributed by atoms with Crippen LogP contribution < -0.4 is 0 Å². The highest BCUT2D eigenvalue weighted by Crippen LogP contribution is 2.37. The van der Waals surface area contributed by atoms with Crippen LogP contribution >= 0.6 is 0 Å². The van der Waals surface area contributed by atoms with Gasteiger partial charge in [0.2, 0.25) is 0 Å². The van der Waals surface area contributed by atoms with E-state index < -0.39 is 29.2 Å². The van der Waals surface area contributed by atoms with Crippen LogP contribution in [0.15, 0.2) is 55.0 Å². The first-order chi connectivity index (χ1) is 13.8. The van der Waals surface area contributed by atoms with Crippen LogP contribution in [-0.2, 0) is 12.7 Å². The second kappa shape index (κ2) is 6.73. The lowest BCUT2D eigenvalue weighted by molar-refractivity contribution is -0.141. The van der Waals surface area contributed by atoms with Crippen molar-refractivity contribution in [2.24, 2.45) is 0 Å². The zero-order valence-corrected chi connectivity index (χ0v) is 14.6. The SMILES string of the molecule is O=C(O)c1cccc(Cn2cc(-c3cnn4ccccc34)c(C(F)(F)F)n2)c1F. The van der Waals surface area contributed by atoms with Crippen LogP contribution in [0.2, 0.25) is 0 Å². The summed E-state index contributed by atoms with van der Waals surface area (Å²) in [6, 6.07) is 8.68. The Morgan fingerprint density at radius 3 is 2.62 bits per heavy atom. The fourth-order valence-electron chi connectivity index (χ4n) is 3.09. The predicted octanol–water partition coefficient (Wildman–Crippen LogP) is 4.10. The van der Waals surface area contributed by atoms with E-state index in [-0.39, 0.29) is 23.2 Å². The second-order valence-electron chi connectivity index (χ2n) is 6.26. The summed E-state index contributed by atoms with van der Waals surface area (Å²) in [6.07, 6.45) is -0.689. The number of fused-ring (bicyclic) bond motifs is 1. The zero-order valence-electron chi connectivity index (χ0n) is 14.6. The van der Waals surface area contributed by atoms with Gasteiger partial charge in [0.15, 0.2) is 5.69 Å². The Kier molecular flexibility index (Phi) is 4.33. The molecule has 4 rings (SSSR count). The molecule has 0 fully saturated rings. The molecule has 10 heteroatoms. The molecule has 1 aromatic carbocycles. The summed E-state index contributed by atoms with van der Waals surface area (Å²) in [6.45, 7) is -0.366. The highest BCUT2D eigenvalue weighted by molar-refractivity contribution is 5.88. The monoisotopic (exact) mass is 404 g/mol. The average Bonchev–Trinajstić information content (AvgIpc) is 3.27. The van der Waals surface area contributed by atoms with Crippen molar-refractivity contribution in [3.63, 3.8) is 0 Å². The minimum absolute atomic E-state index is 0.0902. The number of pyridine rings is 1. The molecule has 1 N–H and O–H groups in total. The molecule has 0 saturated carbocycles. The van der Waals surface area contributed by atoms with E-state index in [9.17, 15) is 22.4 Å². The summed E-state index contributed by atoms with van der Waals surface area (Å²) in [5.41, 5.74) is -1.30. The summed E-state index contributed by atoms with van der Waals surface area (Å²) in [5.74, 6) is -2.48. The Bertz CT molecular complexity index is 1230. The number of aromatic nitrogens is 4. The molecule has 0 amide bonds. The van der Waals surface area contributed by atoms with Gasteiger partial charge < -0.3 is 5.11 Å². The molecule has 6 nitrogen and oxygen atoms in total. The largest absolute Gasteiger partial charge is 0.478 e. The van der Waals surface area contributed by atoms with Crippen LogP contribution in [0.5, 0.6) is 0 Å². The van der Waals surface area contributed by atoms with Crippen molar-refractivity contribution in [1.29, 1.82) is 0 Å². The number of halogens is 4. The molecule has 4 aromatic rings. The molecule has 0 aliphatic carbocycles. The number of hydrogen-bond acceptors (Lipinski definition) is 3. The normalized spacial score (nSPS) is 11.9. The van der Waals surface area contributed by atoms with Gasteiger partial charge in [0.05, 0.1) is 23.8 Å². The molecule has 0 aliphatic rings. The fraction of sp³-hybridized carbons (Fsp3) is 0.105. The third-order valence-corrected chi connectivity index (χ3v) is 4.39. The number of carbonyl (C=O) groups is 1. The van der Waals surface area contributed by atoms with Crippen LogP contribution in [0.25, 0.3) is 16.6 Å². The van der Waals surface area contributed by atoms with Crippen molar-refractivity contribution in [3.8, 4) is 11.1 Å². The third-order valence-electron chi connectivity index (χ3n) is 4.39. The molecule has 0 saturated heterocycles. The second-order valence-corrected chi connectivity index (χ2v) is 6.26. The van der Waals surface area contributed by atoms with Gasteiger partial charge in [0.25, 0.3) is 0 Å². The number of alkyl halides is 3. The van der Waals surface area contributed by atoms with Gasteiger partial charge in [-0.15, -0.1) is 0 Å². The van der Waals surface area contributed by atoms with Gasteiger partial charge >= 0.3 is 12.1 Å². The van der Waals surface area contributed by atoms with E-state index >= 15 is 0 Å². The van der Waals surface area contributed by atoms with Crippen molar-refractivity contribution >= 4 is 11.5 Å². The molecule has 0 bridgehead atoms. The molecule has 0 spiro atoms. The third kappa shape index (κ3) is 3.33. The van der Waals surface area contributed by atoms with Crippen LogP contribution in [-0.4, -0.2) is 30.5 Å². The summed E-state index contributed by atoms with van der Waals surface area (Å²) in [5, 5.41) is 16.7. The number of benzene rings is 1. The standard InChI is InChI=1S/C19H12F4N4O2/c20-16-11(4-3-5-12(16)18(28)29)9-26-10-14(17(25-26)19(21,22)23)13-8-24-27-7-2-1-6-15(13)27/h1-8,10H,9H2,(H,28,29). The Morgan fingerprint density at radius 2 is 1.90 bits per heavy atom. The first-order valence-corrected chi connectivity index (χ1v) is 8.34. The van der Waals surface area contributed by atoms with Gasteiger partial charge in [0, 0.05) is 29.1 Å². The minimum Gasteiger partial charge on any atom is -0.478 e. The van der Waals surface area contributed by atoms with E-state index in [0.717, 1.165) is 16.9 Å². The topological polar surface area (TPSA) is 72.4 Å². The van der Waals surface area contributed by atoms with E-state index in [1.807, 2.05) is 0 Å². The van der Waals surface area contributed by atoms with Gasteiger partial charge in [-0.25, -0.2) is 13.7 Å². The number of carboxylic acid groups (broad SMARTS) is 1. The molecule has 0 aliphatic heterocycles. The molecule has 148 valence electrons. The molecule has 3 heterocycles. The van der Waals surface area contributed by atoms with Crippen LogP contribution in [0.1, 0.15) is 21.6 Å². The zero-order chi connectivity index (χ0) is 20.8. The average molecular weight is 404 g/mol. The van der Waals surface area contributed by atoms with Crippen LogP contribution in [0.4, 0.5) is 17.6 Å². The maximum atomic E-state index is 14.4. The van der Waals surface area contributed by atoms with Crippen LogP contribution in [0.3, 0.4) is 0 Å². The predicted molar refractivity (Wildman–Crippen MR) is 93.9 cm³/mol. The number of carboxylic acids is 1. The van der Waals surface area contributed by atoms with Crippen molar-refractivity contribution in [1.82, 2.24) is 19.4 Å². The lowest BCUT2D eigenvalue weighted by Crippen LogP contribution is -2.11. The Labute approximate surface area is 160 Å².